The summed E-state index contributed by atoms with van der Waals surface area (Å²) in [5, 5.41) is 3.54. The van der Waals surface area contributed by atoms with Gasteiger partial charge in [0, 0.05) is 31.7 Å². The van der Waals surface area contributed by atoms with E-state index >= 15 is 0 Å². The molecule has 2 atom stereocenters. The Bertz CT molecular complexity index is 323. The second-order valence-corrected chi connectivity index (χ2v) is 4.73. The maximum Gasteiger partial charge on any atom is 0.0236 e. The fraction of sp³-hybridized carbons (Fsp3) is 0.538. The number of fused-ring (bicyclic) bond motifs is 2. The van der Waals surface area contributed by atoms with Gasteiger partial charge in [-0.25, -0.2) is 0 Å². The van der Waals surface area contributed by atoms with Gasteiger partial charge in [0.25, 0.3) is 0 Å². The summed E-state index contributed by atoms with van der Waals surface area (Å²) in [6.07, 6.45) is 2.57. The van der Waals surface area contributed by atoms with E-state index in [1.807, 2.05) is 0 Å². The summed E-state index contributed by atoms with van der Waals surface area (Å²) in [7, 11) is 0. The minimum Gasteiger partial charge on any atom is -0.311 e. The molecule has 2 heteroatoms. The van der Waals surface area contributed by atoms with Crippen molar-refractivity contribution in [2.45, 2.75) is 24.9 Å². The number of benzene rings is 1. The Morgan fingerprint density at radius 2 is 2.13 bits per heavy atom. The van der Waals surface area contributed by atoms with Crippen LogP contribution in [0, 0.1) is 0 Å². The molecule has 2 fully saturated rings. The van der Waals surface area contributed by atoms with E-state index in [2.05, 4.69) is 40.5 Å². The van der Waals surface area contributed by atoms with Crippen molar-refractivity contribution in [3.05, 3.63) is 35.9 Å². The fourth-order valence-corrected chi connectivity index (χ4v) is 2.84. The van der Waals surface area contributed by atoms with Crippen LogP contribution < -0.4 is 5.32 Å². The van der Waals surface area contributed by atoms with Gasteiger partial charge in [0.1, 0.15) is 0 Å². The van der Waals surface area contributed by atoms with Crippen LogP contribution >= 0.6 is 0 Å². The van der Waals surface area contributed by atoms with Gasteiger partial charge >= 0.3 is 0 Å². The first-order valence-electron chi connectivity index (χ1n) is 5.93. The maximum atomic E-state index is 3.54. The Hall–Kier alpha value is -0.860. The molecule has 0 saturated carbocycles. The third-order valence-electron chi connectivity index (χ3n) is 3.70. The summed E-state index contributed by atoms with van der Waals surface area (Å²) >= 11 is 0. The van der Waals surface area contributed by atoms with Crippen molar-refractivity contribution in [3.8, 4) is 0 Å². The Kier molecular flexibility index (Phi) is 2.47. The van der Waals surface area contributed by atoms with Gasteiger partial charge in [0.05, 0.1) is 0 Å². The van der Waals surface area contributed by atoms with Crippen molar-refractivity contribution in [1.29, 1.82) is 0 Å². The second kappa shape index (κ2) is 3.95. The lowest BCUT2D eigenvalue weighted by Gasteiger charge is -2.27. The lowest BCUT2D eigenvalue weighted by molar-refractivity contribution is 0.229. The largest absolute Gasteiger partial charge is 0.311 e. The molecular formula is C13H18N2. The van der Waals surface area contributed by atoms with Crippen LogP contribution in [-0.4, -0.2) is 36.6 Å². The minimum absolute atomic E-state index is 0.783. The SMILES string of the molecule is c1ccc(CCN2CC3CC2CN3)cc1. The molecule has 2 heterocycles. The molecule has 0 amide bonds. The first-order chi connectivity index (χ1) is 7.42. The molecule has 1 N–H and O–H groups in total. The smallest absolute Gasteiger partial charge is 0.0236 e. The highest BCUT2D eigenvalue weighted by Gasteiger charge is 2.36. The van der Waals surface area contributed by atoms with Crippen LogP contribution in [0.1, 0.15) is 12.0 Å². The van der Waals surface area contributed by atoms with Gasteiger partial charge in [-0.15, -0.1) is 0 Å². The van der Waals surface area contributed by atoms with Crippen LogP contribution in [0.15, 0.2) is 30.3 Å². The Morgan fingerprint density at radius 3 is 2.80 bits per heavy atom. The number of nitrogens with zero attached hydrogens (tertiary/aromatic N) is 1. The molecule has 2 nitrogen and oxygen atoms in total. The van der Waals surface area contributed by atoms with Gasteiger partial charge in [0.15, 0.2) is 0 Å². The van der Waals surface area contributed by atoms with E-state index in [9.17, 15) is 0 Å². The monoisotopic (exact) mass is 202 g/mol. The van der Waals surface area contributed by atoms with Crippen LogP contribution in [0.5, 0.6) is 0 Å². The van der Waals surface area contributed by atoms with Crippen molar-refractivity contribution in [1.82, 2.24) is 10.2 Å². The Labute approximate surface area is 91.3 Å². The van der Waals surface area contributed by atoms with Gasteiger partial charge in [-0.2, -0.15) is 0 Å². The molecule has 15 heavy (non-hydrogen) atoms. The van der Waals surface area contributed by atoms with Crippen molar-refractivity contribution in [3.63, 3.8) is 0 Å². The number of hydrogen-bond donors (Lipinski definition) is 1. The van der Waals surface area contributed by atoms with E-state index in [1.165, 1.54) is 38.0 Å². The summed E-state index contributed by atoms with van der Waals surface area (Å²) < 4.78 is 0. The molecule has 1 aromatic carbocycles. The quantitative estimate of drug-likeness (QED) is 0.794. The molecule has 0 spiro atoms. The average molecular weight is 202 g/mol. The first-order valence-corrected chi connectivity index (χ1v) is 5.93. The van der Waals surface area contributed by atoms with E-state index in [1.54, 1.807) is 0 Å². The summed E-state index contributed by atoms with van der Waals surface area (Å²) in [5.74, 6) is 0. The van der Waals surface area contributed by atoms with Gasteiger partial charge in [-0.05, 0) is 18.4 Å². The third kappa shape index (κ3) is 1.92. The molecule has 2 unspecified atom stereocenters. The molecule has 2 saturated heterocycles. The zero-order valence-corrected chi connectivity index (χ0v) is 9.02. The predicted molar refractivity (Wildman–Crippen MR) is 61.9 cm³/mol. The van der Waals surface area contributed by atoms with Crippen molar-refractivity contribution >= 4 is 0 Å². The lowest BCUT2D eigenvalue weighted by atomic mass is 10.1. The highest BCUT2D eigenvalue weighted by atomic mass is 15.3. The van der Waals surface area contributed by atoms with Crippen molar-refractivity contribution in [2.24, 2.45) is 0 Å². The molecule has 0 radical (unpaired) electrons. The fourth-order valence-electron chi connectivity index (χ4n) is 2.84. The molecule has 2 bridgehead atoms. The van der Waals surface area contributed by atoms with Crippen molar-refractivity contribution in [2.75, 3.05) is 19.6 Å². The van der Waals surface area contributed by atoms with Crippen LogP contribution in [-0.2, 0) is 6.42 Å². The molecule has 2 aliphatic rings. The molecule has 1 aromatic rings. The zero-order valence-electron chi connectivity index (χ0n) is 9.02. The van der Waals surface area contributed by atoms with E-state index in [0.717, 1.165) is 12.1 Å². The molecule has 0 aliphatic carbocycles. The lowest BCUT2D eigenvalue weighted by Crippen LogP contribution is -2.44. The van der Waals surface area contributed by atoms with E-state index in [0.29, 0.717) is 0 Å². The summed E-state index contributed by atoms with van der Waals surface area (Å²) in [6, 6.07) is 12.4. The van der Waals surface area contributed by atoms with Crippen LogP contribution in [0.3, 0.4) is 0 Å². The summed E-state index contributed by atoms with van der Waals surface area (Å²) in [5.41, 5.74) is 1.47. The maximum absolute atomic E-state index is 3.54. The summed E-state index contributed by atoms with van der Waals surface area (Å²) in [6.45, 7) is 3.70. The van der Waals surface area contributed by atoms with Gasteiger partial charge in [-0.3, -0.25) is 4.90 Å². The standard InChI is InChI=1S/C13H18N2/c1-2-4-11(5-3-1)6-7-15-10-12-8-13(15)9-14-12/h1-5,12-14H,6-10H2. The Balaban J connectivity index is 1.55. The number of nitrogens with one attached hydrogen (secondary N) is 1. The van der Waals surface area contributed by atoms with Gasteiger partial charge < -0.3 is 5.32 Å². The molecule has 0 aromatic heterocycles. The third-order valence-corrected chi connectivity index (χ3v) is 3.70. The normalized spacial score (nSPS) is 29.9. The highest BCUT2D eigenvalue weighted by Crippen LogP contribution is 2.23. The predicted octanol–water partition coefficient (Wildman–Crippen LogP) is 1.28. The molecule has 2 aliphatic heterocycles. The highest BCUT2D eigenvalue weighted by molar-refractivity contribution is 5.15. The van der Waals surface area contributed by atoms with E-state index in [-0.39, 0.29) is 0 Å². The van der Waals surface area contributed by atoms with Gasteiger partial charge in [0.2, 0.25) is 0 Å². The van der Waals surface area contributed by atoms with Crippen molar-refractivity contribution < 1.29 is 0 Å². The summed E-state index contributed by atoms with van der Waals surface area (Å²) in [4.78, 5) is 2.65. The van der Waals surface area contributed by atoms with E-state index < -0.39 is 0 Å². The number of piperazine rings is 1. The zero-order chi connectivity index (χ0) is 10.1. The Morgan fingerprint density at radius 1 is 1.27 bits per heavy atom. The van der Waals surface area contributed by atoms with Crippen LogP contribution in [0.25, 0.3) is 0 Å². The van der Waals surface area contributed by atoms with E-state index in [4.69, 9.17) is 0 Å². The van der Waals surface area contributed by atoms with Crippen LogP contribution in [0.4, 0.5) is 0 Å². The van der Waals surface area contributed by atoms with Gasteiger partial charge in [-0.1, -0.05) is 30.3 Å². The molecule has 3 rings (SSSR count). The minimum atomic E-state index is 0.783. The molecule has 80 valence electrons. The number of hydrogen-bond acceptors (Lipinski definition) is 2. The number of likely N-dealkylation sites (tertiary alicyclic amines) is 1. The topological polar surface area (TPSA) is 15.3 Å². The number of rotatable bonds is 3. The van der Waals surface area contributed by atoms with Crippen LogP contribution in [0.2, 0.25) is 0 Å². The second-order valence-electron chi connectivity index (χ2n) is 4.73. The molecular weight excluding hydrogens is 184 g/mol. The first kappa shape index (κ1) is 9.37. The average Bonchev–Trinajstić information content (AvgIpc) is 2.89.